The van der Waals surface area contributed by atoms with Gasteiger partial charge in [0.1, 0.15) is 12.6 Å². The lowest BCUT2D eigenvalue weighted by atomic mass is 10.1. The van der Waals surface area contributed by atoms with Crippen molar-refractivity contribution in [2.24, 2.45) is 5.73 Å². The monoisotopic (exact) mass is 290 g/mol. The van der Waals surface area contributed by atoms with Crippen LogP contribution in [0.25, 0.3) is 0 Å². The number of carboxylic acid groups (broad SMARTS) is 2. The van der Waals surface area contributed by atoms with Gasteiger partial charge < -0.3 is 31.9 Å². The highest BCUT2D eigenvalue weighted by molar-refractivity contribution is 5.84. The molecule has 0 radical (unpaired) electrons. The van der Waals surface area contributed by atoms with Gasteiger partial charge >= 0.3 is 24.0 Å². The van der Waals surface area contributed by atoms with Crippen molar-refractivity contribution < 1.29 is 29.4 Å². The minimum Gasteiger partial charge on any atom is -0.480 e. The number of primary amides is 1. The summed E-state index contributed by atoms with van der Waals surface area (Å²) in [6.45, 7) is -0.284. The fraction of sp³-hybridized carbons (Fsp3) is 0.600. The Kier molecular flexibility index (Phi) is 8.23. The second-order valence-electron chi connectivity index (χ2n) is 3.90. The van der Waals surface area contributed by atoms with Gasteiger partial charge in [0.2, 0.25) is 0 Å². The molecule has 114 valence electrons. The fourth-order valence-corrected chi connectivity index (χ4v) is 1.31. The molecule has 0 heterocycles. The molecule has 0 unspecified atom stereocenters. The zero-order chi connectivity index (χ0) is 15.5. The van der Waals surface area contributed by atoms with Crippen molar-refractivity contribution >= 4 is 24.0 Å². The number of amides is 4. The van der Waals surface area contributed by atoms with E-state index in [1.165, 1.54) is 0 Å². The van der Waals surface area contributed by atoms with E-state index in [0.29, 0.717) is 19.4 Å². The molecule has 0 aliphatic carbocycles. The molecule has 0 aromatic rings. The summed E-state index contributed by atoms with van der Waals surface area (Å²) in [5, 5.41) is 23.7. The minimum absolute atomic E-state index is 0.149. The Morgan fingerprint density at radius 3 is 2.20 bits per heavy atom. The summed E-state index contributed by atoms with van der Waals surface area (Å²) in [7, 11) is 0. The van der Waals surface area contributed by atoms with Gasteiger partial charge in [0.15, 0.2) is 0 Å². The molecule has 0 aromatic carbocycles. The molecule has 0 rings (SSSR count). The molecule has 0 aromatic heterocycles. The van der Waals surface area contributed by atoms with Gasteiger partial charge in [-0.25, -0.2) is 14.4 Å². The third kappa shape index (κ3) is 9.50. The molecule has 0 aliphatic heterocycles. The molecule has 1 atom stereocenters. The molecule has 7 N–H and O–H groups in total. The summed E-state index contributed by atoms with van der Waals surface area (Å²) in [5.74, 6) is -2.46. The van der Waals surface area contributed by atoms with E-state index in [4.69, 9.17) is 15.9 Å². The first-order chi connectivity index (χ1) is 9.32. The van der Waals surface area contributed by atoms with Gasteiger partial charge in [0.25, 0.3) is 0 Å². The molecule has 0 bridgehead atoms. The van der Waals surface area contributed by atoms with E-state index in [9.17, 15) is 19.2 Å². The smallest absolute Gasteiger partial charge is 0.326 e. The Labute approximate surface area is 114 Å². The van der Waals surface area contributed by atoms with Crippen LogP contribution in [0.15, 0.2) is 0 Å². The number of carbonyl (C=O) groups is 4. The number of hydrogen-bond acceptors (Lipinski definition) is 4. The number of urea groups is 2. The van der Waals surface area contributed by atoms with Crippen molar-refractivity contribution in [3.8, 4) is 0 Å². The van der Waals surface area contributed by atoms with Crippen LogP contribution in [0.3, 0.4) is 0 Å². The third-order valence-electron chi connectivity index (χ3n) is 2.22. The molecule has 10 nitrogen and oxygen atoms in total. The van der Waals surface area contributed by atoms with Crippen molar-refractivity contribution in [2.75, 3.05) is 13.1 Å². The highest BCUT2D eigenvalue weighted by atomic mass is 16.4. The van der Waals surface area contributed by atoms with Crippen LogP contribution in [0.1, 0.15) is 19.3 Å². The predicted molar refractivity (Wildman–Crippen MR) is 67.0 cm³/mol. The van der Waals surface area contributed by atoms with Crippen LogP contribution < -0.4 is 21.7 Å². The average molecular weight is 290 g/mol. The minimum atomic E-state index is -1.23. The lowest BCUT2D eigenvalue weighted by molar-refractivity contribution is -0.139. The summed E-state index contributed by atoms with van der Waals surface area (Å²) in [4.78, 5) is 42.7. The van der Waals surface area contributed by atoms with Gasteiger partial charge in [-0.3, -0.25) is 4.79 Å². The van der Waals surface area contributed by atoms with Crippen LogP contribution >= 0.6 is 0 Å². The van der Waals surface area contributed by atoms with E-state index < -0.39 is 36.6 Å². The first-order valence-corrected chi connectivity index (χ1v) is 5.85. The molecule has 4 amide bonds. The van der Waals surface area contributed by atoms with Crippen molar-refractivity contribution in [3.63, 3.8) is 0 Å². The number of hydrogen-bond donors (Lipinski definition) is 6. The predicted octanol–water partition coefficient (Wildman–Crippen LogP) is -1.34. The summed E-state index contributed by atoms with van der Waals surface area (Å²) in [5.41, 5.74) is 4.85. The van der Waals surface area contributed by atoms with E-state index in [1.807, 2.05) is 5.32 Å². The molecular weight excluding hydrogens is 272 g/mol. The van der Waals surface area contributed by atoms with Crippen LogP contribution in [0.2, 0.25) is 0 Å². The van der Waals surface area contributed by atoms with Crippen LogP contribution in [0.4, 0.5) is 9.59 Å². The van der Waals surface area contributed by atoms with Crippen molar-refractivity contribution in [1.29, 1.82) is 0 Å². The topological polar surface area (TPSA) is 171 Å². The molecule has 0 saturated carbocycles. The van der Waals surface area contributed by atoms with E-state index in [2.05, 4.69) is 10.6 Å². The van der Waals surface area contributed by atoms with Crippen LogP contribution in [0, 0.1) is 0 Å². The zero-order valence-electron chi connectivity index (χ0n) is 10.7. The highest BCUT2D eigenvalue weighted by Crippen LogP contribution is 2.01. The Bertz CT molecular complexity index is 373. The van der Waals surface area contributed by atoms with Gasteiger partial charge in [-0.15, -0.1) is 0 Å². The summed E-state index contributed by atoms with van der Waals surface area (Å²) >= 11 is 0. The molecule has 20 heavy (non-hydrogen) atoms. The van der Waals surface area contributed by atoms with E-state index in [0.717, 1.165) is 0 Å². The number of aliphatic carboxylic acids is 2. The second kappa shape index (κ2) is 9.42. The van der Waals surface area contributed by atoms with Crippen molar-refractivity contribution in [1.82, 2.24) is 16.0 Å². The largest absolute Gasteiger partial charge is 0.480 e. The van der Waals surface area contributed by atoms with Crippen LogP contribution in [-0.4, -0.2) is 53.3 Å². The maximum Gasteiger partial charge on any atom is 0.326 e. The number of rotatable bonds is 9. The quantitative estimate of drug-likeness (QED) is 0.287. The lowest BCUT2D eigenvalue weighted by Crippen LogP contribution is -2.47. The second-order valence-corrected chi connectivity index (χ2v) is 3.90. The Morgan fingerprint density at radius 1 is 1.05 bits per heavy atom. The van der Waals surface area contributed by atoms with Gasteiger partial charge in [-0.05, 0) is 19.3 Å². The van der Waals surface area contributed by atoms with E-state index in [1.54, 1.807) is 0 Å². The summed E-state index contributed by atoms with van der Waals surface area (Å²) < 4.78 is 0. The Morgan fingerprint density at radius 2 is 1.70 bits per heavy atom. The lowest BCUT2D eigenvalue weighted by Gasteiger charge is -2.14. The molecule has 10 heteroatoms. The van der Waals surface area contributed by atoms with Gasteiger partial charge in [0.05, 0.1) is 0 Å². The van der Waals surface area contributed by atoms with Crippen LogP contribution in [0.5, 0.6) is 0 Å². The van der Waals surface area contributed by atoms with Gasteiger partial charge in [-0.2, -0.15) is 0 Å². The van der Waals surface area contributed by atoms with E-state index in [-0.39, 0.29) is 6.42 Å². The first-order valence-electron chi connectivity index (χ1n) is 5.85. The third-order valence-corrected chi connectivity index (χ3v) is 2.22. The highest BCUT2D eigenvalue weighted by Gasteiger charge is 2.19. The number of nitrogens with two attached hydrogens (primary N) is 1. The normalized spacial score (nSPS) is 11.2. The fourth-order valence-electron chi connectivity index (χ4n) is 1.31. The number of carboxylic acids is 2. The molecular formula is C10H18N4O6. The van der Waals surface area contributed by atoms with Gasteiger partial charge in [0, 0.05) is 6.54 Å². The maximum atomic E-state index is 11.2. The molecule has 0 saturated heterocycles. The van der Waals surface area contributed by atoms with Gasteiger partial charge in [-0.1, -0.05) is 0 Å². The van der Waals surface area contributed by atoms with Crippen molar-refractivity contribution in [2.45, 2.75) is 25.3 Å². The molecule has 0 aliphatic rings. The first kappa shape index (κ1) is 17.5. The SMILES string of the molecule is NC(=O)NCCCC[C@H](NC(=O)NCC(=O)O)C(=O)O. The Balaban J connectivity index is 3.98. The van der Waals surface area contributed by atoms with Crippen LogP contribution in [-0.2, 0) is 9.59 Å². The maximum absolute atomic E-state index is 11.2. The number of unbranched alkanes of at least 4 members (excludes halogenated alkanes) is 1. The number of nitrogens with one attached hydrogen (secondary N) is 3. The average Bonchev–Trinajstić information content (AvgIpc) is 2.33. The Hall–Kier alpha value is -2.52. The summed E-state index contributed by atoms with van der Waals surface area (Å²) in [6, 6.07) is -2.65. The molecule has 0 fully saturated rings. The summed E-state index contributed by atoms with van der Waals surface area (Å²) in [6.07, 6.45) is 1.10. The zero-order valence-corrected chi connectivity index (χ0v) is 10.7. The van der Waals surface area contributed by atoms with Crippen molar-refractivity contribution in [3.05, 3.63) is 0 Å². The van der Waals surface area contributed by atoms with E-state index >= 15 is 0 Å². The number of carbonyl (C=O) groups excluding carboxylic acids is 2. The molecule has 0 spiro atoms. The standard InChI is InChI=1S/C10H18N4O6/c11-9(19)12-4-2-1-3-6(8(17)18)14-10(20)13-5-7(15)16/h6H,1-5H2,(H,15,16)(H,17,18)(H3,11,12,19)(H2,13,14,20)/t6-/m0/s1.